The number of aromatic nitrogens is 1. The highest BCUT2D eigenvalue weighted by atomic mass is 32.2. The molecule has 1 aromatic heterocycles. The van der Waals surface area contributed by atoms with Crippen molar-refractivity contribution in [2.75, 3.05) is 12.4 Å². The second kappa shape index (κ2) is 9.06. The fourth-order valence-electron chi connectivity index (χ4n) is 2.60. The second-order valence-corrected chi connectivity index (χ2v) is 8.36. The zero-order chi connectivity index (χ0) is 19.2. The molecule has 27 heavy (non-hydrogen) atoms. The zero-order valence-corrected chi connectivity index (χ0v) is 17.2. The number of aryl methyl sites for hydroxylation is 2. The molecule has 0 fully saturated rings. The summed E-state index contributed by atoms with van der Waals surface area (Å²) in [6.07, 6.45) is 0.262. The standard InChI is InChI=1S/C21H22N2O2S2/c1-14-7-8-15(2)16(9-14)12-26-21-23-18(13-27-21)11-20(24)22-17-5-4-6-19(10-17)25-3/h4-10,13H,11-12H2,1-3H3,(H,22,24). The molecule has 2 aromatic carbocycles. The van der Waals surface area contributed by atoms with Gasteiger partial charge >= 0.3 is 0 Å². The molecule has 1 N–H and O–H groups in total. The first-order valence-corrected chi connectivity index (χ1v) is 10.5. The van der Waals surface area contributed by atoms with Crippen LogP contribution >= 0.6 is 23.1 Å². The number of nitrogens with zero attached hydrogens (tertiary/aromatic N) is 1. The molecule has 3 aromatic rings. The normalized spacial score (nSPS) is 10.6. The smallest absolute Gasteiger partial charge is 0.230 e. The molecule has 0 spiro atoms. The van der Waals surface area contributed by atoms with Crippen LogP contribution in [0, 0.1) is 13.8 Å². The summed E-state index contributed by atoms with van der Waals surface area (Å²) < 4.78 is 6.16. The highest BCUT2D eigenvalue weighted by Gasteiger charge is 2.10. The summed E-state index contributed by atoms with van der Waals surface area (Å²) in [5, 5.41) is 4.84. The van der Waals surface area contributed by atoms with Gasteiger partial charge in [0.2, 0.25) is 5.91 Å². The van der Waals surface area contributed by atoms with E-state index in [1.54, 1.807) is 36.3 Å². The van der Waals surface area contributed by atoms with Crippen molar-refractivity contribution >= 4 is 34.7 Å². The molecule has 4 nitrogen and oxygen atoms in total. The highest BCUT2D eigenvalue weighted by Crippen LogP contribution is 2.28. The Bertz CT molecular complexity index is 937. The molecule has 0 aliphatic carbocycles. The van der Waals surface area contributed by atoms with Gasteiger partial charge < -0.3 is 10.1 Å². The number of benzene rings is 2. The van der Waals surface area contributed by atoms with Gasteiger partial charge in [-0.1, -0.05) is 41.6 Å². The van der Waals surface area contributed by atoms with E-state index < -0.39 is 0 Å². The third-order valence-electron chi connectivity index (χ3n) is 4.08. The third-order valence-corrected chi connectivity index (χ3v) is 6.20. The molecular weight excluding hydrogens is 376 g/mol. The third kappa shape index (κ3) is 5.58. The summed E-state index contributed by atoms with van der Waals surface area (Å²) in [6.45, 7) is 4.24. The van der Waals surface area contributed by atoms with Gasteiger partial charge in [0.05, 0.1) is 19.2 Å². The number of thioether (sulfide) groups is 1. The SMILES string of the molecule is COc1cccc(NC(=O)Cc2csc(SCc3cc(C)ccc3C)n2)c1. The van der Waals surface area contributed by atoms with Crippen molar-refractivity contribution < 1.29 is 9.53 Å². The minimum atomic E-state index is -0.0837. The number of ether oxygens (including phenoxy) is 1. The van der Waals surface area contributed by atoms with Gasteiger partial charge in [0, 0.05) is 22.9 Å². The Balaban J connectivity index is 1.55. The molecule has 3 rings (SSSR count). The predicted octanol–water partition coefficient (Wildman–Crippen LogP) is 5.24. The molecule has 1 amide bonds. The van der Waals surface area contributed by atoms with Crippen LogP contribution in [0.25, 0.3) is 0 Å². The number of rotatable bonds is 7. The average Bonchev–Trinajstić information content (AvgIpc) is 3.09. The van der Waals surface area contributed by atoms with E-state index in [1.165, 1.54) is 16.7 Å². The lowest BCUT2D eigenvalue weighted by molar-refractivity contribution is -0.115. The average molecular weight is 399 g/mol. The summed E-state index contributed by atoms with van der Waals surface area (Å²) in [6, 6.07) is 13.8. The van der Waals surface area contributed by atoms with E-state index in [0.717, 1.165) is 21.5 Å². The van der Waals surface area contributed by atoms with Crippen molar-refractivity contribution in [3.63, 3.8) is 0 Å². The van der Waals surface area contributed by atoms with E-state index in [1.807, 2.05) is 23.6 Å². The van der Waals surface area contributed by atoms with Gasteiger partial charge in [-0.15, -0.1) is 11.3 Å². The monoisotopic (exact) mass is 398 g/mol. The Hall–Kier alpha value is -2.31. The van der Waals surface area contributed by atoms with E-state index in [4.69, 9.17) is 4.74 Å². The number of methoxy groups -OCH3 is 1. The van der Waals surface area contributed by atoms with Crippen LogP contribution in [-0.4, -0.2) is 18.0 Å². The number of thiazole rings is 1. The fourth-order valence-corrected chi connectivity index (χ4v) is 4.51. The number of amides is 1. The first-order chi connectivity index (χ1) is 13.0. The van der Waals surface area contributed by atoms with E-state index >= 15 is 0 Å². The van der Waals surface area contributed by atoms with Crippen LogP contribution in [0.15, 0.2) is 52.2 Å². The van der Waals surface area contributed by atoms with Crippen LogP contribution in [0.3, 0.4) is 0 Å². The Morgan fingerprint density at radius 2 is 2.07 bits per heavy atom. The molecule has 0 saturated heterocycles. The highest BCUT2D eigenvalue weighted by molar-refractivity contribution is 8.00. The van der Waals surface area contributed by atoms with Gasteiger partial charge in [0.25, 0.3) is 0 Å². The lowest BCUT2D eigenvalue weighted by Gasteiger charge is -2.06. The van der Waals surface area contributed by atoms with Crippen molar-refractivity contribution in [1.29, 1.82) is 0 Å². The minimum absolute atomic E-state index is 0.0837. The van der Waals surface area contributed by atoms with Gasteiger partial charge in [0.15, 0.2) is 0 Å². The van der Waals surface area contributed by atoms with E-state index in [2.05, 4.69) is 42.3 Å². The predicted molar refractivity (Wildman–Crippen MR) is 113 cm³/mol. The molecule has 0 unspecified atom stereocenters. The topological polar surface area (TPSA) is 51.2 Å². The quantitative estimate of drug-likeness (QED) is 0.553. The number of anilines is 1. The molecule has 140 valence electrons. The summed E-state index contributed by atoms with van der Waals surface area (Å²) in [4.78, 5) is 16.8. The first-order valence-electron chi connectivity index (χ1n) is 8.61. The van der Waals surface area contributed by atoms with Gasteiger partial charge in [-0.2, -0.15) is 0 Å². The number of hydrogen-bond donors (Lipinski definition) is 1. The van der Waals surface area contributed by atoms with Crippen LogP contribution in [0.5, 0.6) is 5.75 Å². The first kappa shape index (κ1) is 19.5. The maximum Gasteiger partial charge on any atom is 0.230 e. The lowest BCUT2D eigenvalue weighted by Crippen LogP contribution is -2.14. The van der Waals surface area contributed by atoms with Crippen molar-refractivity contribution in [3.05, 3.63) is 70.2 Å². The largest absolute Gasteiger partial charge is 0.497 e. The van der Waals surface area contributed by atoms with E-state index in [-0.39, 0.29) is 12.3 Å². The zero-order valence-electron chi connectivity index (χ0n) is 15.6. The lowest BCUT2D eigenvalue weighted by atomic mass is 10.1. The molecule has 0 atom stereocenters. The second-order valence-electron chi connectivity index (χ2n) is 6.28. The Kier molecular flexibility index (Phi) is 6.53. The van der Waals surface area contributed by atoms with Gasteiger partial charge in [-0.3, -0.25) is 4.79 Å². The van der Waals surface area contributed by atoms with Crippen LogP contribution in [0.2, 0.25) is 0 Å². The van der Waals surface area contributed by atoms with Crippen LogP contribution in [-0.2, 0) is 17.0 Å². The van der Waals surface area contributed by atoms with Gasteiger partial charge in [0.1, 0.15) is 10.1 Å². The number of carbonyl (C=O) groups is 1. The maximum absolute atomic E-state index is 12.3. The van der Waals surface area contributed by atoms with Crippen molar-refractivity contribution in [2.45, 2.75) is 30.4 Å². The van der Waals surface area contributed by atoms with E-state index in [0.29, 0.717) is 5.75 Å². The van der Waals surface area contributed by atoms with Crippen LogP contribution in [0.1, 0.15) is 22.4 Å². The van der Waals surface area contributed by atoms with E-state index in [9.17, 15) is 4.79 Å². The summed E-state index contributed by atoms with van der Waals surface area (Å²) in [7, 11) is 1.60. The molecule has 6 heteroatoms. The fraction of sp³-hybridized carbons (Fsp3) is 0.238. The summed E-state index contributed by atoms with van der Waals surface area (Å²) >= 11 is 3.30. The Morgan fingerprint density at radius 3 is 2.89 bits per heavy atom. The summed E-state index contributed by atoms with van der Waals surface area (Å²) in [5.41, 5.74) is 5.41. The number of nitrogens with one attached hydrogen (secondary N) is 1. The molecule has 0 aliphatic rings. The summed E-state index contributed by atoms with van der Waals surface area (Å²) in [5.74, 6) is 1.52. The Labute approximate surface area is 168 Å². The van der Waals surface area contributed by atoms with Crippen LogP contribution < -0.4 is 10.1 Å². The molecular formula is C21H22N2O2S2. The Morgan fingerprint density at radius 1 is 1.22 bits per heavy atom. The molecule has 0 radical (unpaired) electrons. The number of hydrogen-bond acceptors (Lipinski definition) is 5. The van der Waals surface area contributed by atoms with Crippen molar-refractivity contribution in [3.8, 4) is 5.75 Å². The van der Waals surface area contributed by atoms with Crippen molar-refractivity contribution in [2.24, 2.45) is 0 Å². The van der Waals surface area contributed by atoms with Gasteiger partial charge in [-0.05, 0) is 37.1 Å². The minimum Gasteiger partial charge on any atom is -0.497 e. The molecule has 0 aliphatic heterocycles. The van der Waals surface area contributed by atoms with Crippen molar-refractivity contribution in [1.82, 2.24) is 4.98 Å². The number of carbonyl (C=O) groups excluding carboxylic acids is 1. The molecule has 0 bridgehead atoms. The molecule has 0 saturated carbocycles. The maximum atomic E-state index is 12.3. The molecule has 1 heterocycles. The van der Waals surface area contributed by atoms with Crippen LogP contribution in [0.4, 0.5) is 5.69 Å². The van der Waals surface area contributed by atoms with Gasteiger partial charge in [-0.25, -0.2) is 4.98 Å².